The van der Waals surface area contributed by atoms with E-state index in [0.717, 1.165) is 32.0 Å². The van der Waals surface area contributed by atoms with E-state index in [1.54, 1.807) is 0 Å². The van der Waals surface area contributed by atoms with E-state index in [2.05, 4.69) is 4.90 Å². The van der Waals surface area contributed by atoms with Crippen molar-refractivity contribution in [2.75, 3.05) is 32.8 Å². The molecule has 0 aromatic carbocycles. The highest BCUT2D eigenvalue weighted by Gasteiger charge is 2.17. The summed E-state index contributed by atoms with van der Waals surface area (Å²) in [5.41, 5.74) is 0. The summed E-state index contributed by atoms with van der Waals surface area (Å²) in [6.07, 6.45) is 4.59. The van der Waals surface area contributed by atoms with Crippen LogP contribution in [0.2, 0.25) is 0 Å². The van der Waals surface area contributed by atoms with Crippen molar-refractivity contribution >= 4 is 0 Å². The average molecular weight is 187 g/mol. The first kappa shape index (κ1) is 11.0. The van der Waals surface area contributed by atoms with Gasteiger partial charge in [-0.2, -0.15) is 0 Å². The van der Waals surface area contributed by atoms with Crippen LogP contribution in [-0.4, -0.2) is 48.0 Å². The molecule has 1 aliphatic rings. The molecule has 3 heteroatoms. The van der Waals surface area contributed by atoms with Gasteiger partial charge in [0.25, 0.3) is 0 Å². The molecule has 3 nitrogen and oxygen atoms in total. The lowest BCUT2D eigenvalue weighted by atomic mass is 9.92. The Balaban J connectivity index is 2.08. The third-order valence-corrected chi connectivity index (χ3v) is 2.89. The van der Waals surface area contributed by atoms with Crippen LogP contribution in [0.15, 0.2) is 0 Å². The number of β-amino-alcohol motifs (C(OH)–C–C–N with tert-alkyl or cyclic N) is 1. The highest BCUT2D eigenvalue weighted by atomic mass is 16.3. The molecule has 1 aliphatic heterocycles. The number of likely N-dealkylation sites (tertiary alicyclic amines) is 1. The lowest BCUT2D eigenvalue weighted by molar-refractivity contribution is 0.140. The van der Waals surface area contributed by atoms with E-state index in [1.165, 1.54) is 19.3 Å². The molecular formula is C10H21NO2. The van der Waals surface area contributed by atoms with Gasteiger partial charge < -0.3 is 15.1 Å². The van der Waals surface area contributed by atoms with Crippen molar-refractivity contribution < 1.29 is 10.2 Å². The zero-order valence-electron chi connectivity index (χ0n) is 8.28. The Kier molecular flexibility index (Phi) is 5.35. The number of nitrogens with zero attached hydrogens (tertiary/aromatic N) is 1. The van der Waals surface area contributed by atoms with E-state index in [9.17, 15) is 0 Å². The number of aliphatic hydroxyl groups excluding tert-OH is 2. The van der Waals surface area contributed by atoms with Crippen LogP contribution in [0.3, 0.4) is 0 Å². The molecule has 0 bridgehead atoms. The fourth-order valence-corrected chi connectivity index (χ4v) is 2.02. The molecule has 1 heterocycles. The Morgan fingerprint density at radius 3 is 2.31 bits per heavy atom. The molecule has 0 saturated carbocycles. The molecule has 0 aliphatic carbocycles. The van der Waals surface area contributed by atoms with Crippen LogP contribution in [0.4, 0.5) is 0 Å². The maximum absolute atomic E-state index is 8.75. The molecule has 0 unspecified atom stereocenters. The van der Waals surface area contributed by atoms with Crippen molar-refractivity contribution in [2.24, 2.45) is 5.92 Å². The normalized spacial score (nSPS) is 20.8. The monoisotopic (exact) mass is 187 g/mol. The molecule has 1 rings (SSSR count). The minimum Gasteiger partial charge on any atom is -0.396 e. The molecule has 0 atom stereocenters. The van der Waals surface area contributed by atoms with E-state index in [0.29, 0.717) is 6.61 Å². The SMILES string of the molecule is OCCCC1CCN(CCO)CC1. The summed E-state index contributed by atoms with van der Waals surface area (Å²) in [5.74, 6) is 0.807. The van der Waals surface area contributed by atoms with Crippen molar-refractivity contribution in [3.63, 3.8) is 0 Å². The molecule has 0 radical (unpaired) electrons. The summed E-state index contributed by atoms with van der Waals surface area (Å²) in [6.45, 7) is 3.68. The van der Waals surface area contributed by atoms with Gasteiger partial charge >= 0.3 is 0 Å². The summed E-state index contributed by atoms with van der Waals surface area (Å²) in [7, 11) is 0. The number of piperidine rings is 1. The summed E-state index contributed by atoms with van der Waals surface area (Å²) in [6, 6.07) is 0. The smallest absolute Gasteiger partial charge is 0.0558 e. The van der Waals surface area contributed by atoms with Crippen LogP contribution >= 0.6 is 0 Å². The molecule has 1 fully saturated rings. The van der Waals surface area contributed by atoms with Gasteiger partial charge in [0.2, 0.25) is 0 Å². The molecule has 2 N–H and O–H groups in total. The maximum atomic E-state index is 8.75. The fourth-order valence-electron chi connectivity index (χ4n) is 2.02. The minimum atomic E-state index is 0.279. The molecule has 0 spiro atoms. The summed E-state index contributed by atoms with van der Waals surface area (Å²) in [5, 5.41) is 17.4. The van der Waals surface area contributed by atoms with E-state index in [-0.39, 0.29) is 6.61 Å². The van der Waals surface area contributed by atoms with Crippen LogP contribution in [0.5, 0.6) is 0 Å². The van der Waals surface area contributed by atoms with Gasteiger partial charge in [0.1, 0.15) is 0 Å². The lowest BCUT2D eigenvalue weighted by Gasteiger charge is -2.31. The van der Waals surface area contributed by atoms with Crippen LogP contribution < -0.4 is 0 Å². The van der Waals surface area contributed by atoms with Gasteiger partial charge in [0.05, 0.1) is 6.61 Å². The largest absolute Gasteiger partial charge is 0.396 e. The van der Waals surface area contributed by atoms with Crippen LogP contribution in [0.1, 0.15) is 25.7 Å². The second kappa shape index (κ2) is 6.35. The summed E-state index contributed by atoms with van der Waals surface area (Å²) >= 11 is 0. The first-order chi connectivity index (χ1) is 6.36. The highest BCUT2D eigenvalue weighted by molar-refractivity contribution is 4.71. The molecule has 0 aromatic rings. The second-order valence-electron chi connectivity index (χ2n) is 3.87. The van der Waals surface area contributed by atoms with Crippen molar-refractivity contribution in [2.45, 2.75) is 25.7 Å². The quantitative estimate of drug-likeness (QED) is 0.657. The first-order valence-electron chi connectivity index (χ1n) is 5.31. The van der Waals surface area contributed by atoms with Gasteiger partial charge in [-0.1, -0.05) is 0 Å². The number of aliphatic hydroxyl groups is 2. The minimum absolute atomic E-state index is 0.279. The van der Waals surface area contributed by atoms with Crippen molar-refractivity contribution in [1.29, 1.82) is 0 Å². The Bertz CT molecular complexity index is 122. The standard InChI is InChI=1S/C10H21NO2/c12-8-1-2-10-3-5-11(6-4-10)7-9-13/h10,12-13H,1-9H2. The van der Waals surface area contributed by atoms with Gasteiger partial charge in [0.15, 0.2) is 0 Å². The molecule has 1 saturated heterocycles. The third-order valence-electron chi connectivity index (χ3n) is 2.89. The lowest BCUT2D eigenvalue weighted by Crippen LogP contribution is -2.35. The van der Waals surface area contributed by atoms with Crippen molar-refractivity contribution in [3.05, 3.63) is 0 Å². The maximum Gasteiger partial charge on any atom is 0.0558 e. The highest BCUT2D eigenvalue weighted by Crippen LogP contribution is 2.21. The Morgan fingerprint density at radius 2 is 1.77 bits per heavy atom. The van der Waals surface area contributed by atoms with Gasteiger partial charge in [0, 0.05) is 13.2 Å². The van der Waals surface area contributed by atoms with E-state index in [1.807, 2.05) is 0 Å². The summed E-state index contributed by atoms with van der Waals surface area (Å²) < 4.78 is 0. The Morgan fingerprint density at radius 1 is 1.08 bits per heavy atom. The third kappa shape index (κ3) is 4.07. The fraction of sp³-hybridized carbons (Fsp3) is 1.00. The van der Waals surface area contributed by atoms with E-state index < -0.39 is 0 Å². The van der Waals surface area contributed by atoms with Gasteiger partial charge in [-0.05, 0) is 44.7 Å². The number of hydrogen-bond donors (Lipinski definition) is 2. The first-order valence-corrected chi connectivity index (χ1v) is 5.31. The van der Waals surface area contributed by atoms with Crippen LogP contribution in [-0.2, 0) is 0 Å². The zero-order valence-corrected chi connectivity index (χ0v) is 8.28. The number of hydrogen-bond acceptors (Lipinski definition) is 3. The zero-order chi connectivity index (χ0) is 9.52. The molecular weight excluding hydrogens is 166 g/mol. The van der Waals surface area contributed by atoms with Gasteiger partial charge in [-0.3, -0.25) is 0 Å². The predicted octanol–water partition coefficient (Wildman–Crippen LogP) is 0.463. The molecule has 0 aromatic heterocycles. The Hall–Kier alpha value is -0.120. The second-order valence-corrected chi connectivity index (χ2v) is 3.87. The van der Waals surface area contributed by atoms with Crippen LogP contribution in [0, 0.1) is 5.92 Å². The number of rotatable bonds is 5. The van der Waals surface area contributed by atoms with Gasteiger partial charge in [-0.15, -0.1) is 0 Å². The topological polar surface area (TPSA) is 43.7 Å². The molecule has 13 heavy (non-hydrogen) atoms. The predicted molar refractivity (Wildman–Crippen MR) is 52.6 cm³/mol. The van der Waals surface area contributed by atoms with Crippen molar-refractivity contribution in [3.8, 4) is 0 Å². The van der Waals surface area contributed by atoms with Crippen LogP contribution in [0.25, 0.3) is 0 Å². The van der Waals surface area contributed by atoms with E-state index in [4.69, 9.17) is 10.2 Å². The molecule has 0 amide bonds. The average Bonchev–Trinajstić information content (AvgIpc) is 2.17. The summed E-state index contributed by atoms with van der Waals surface area (Å²) in [4.78, 5) is 2.31. The Labute approximate surface area is 80.4 Å². The molecule has 78 valence electrons. The van der Waals surface area contributed by atoms with E-state index >= 15 is 0 Å². The van der Waals surface area contributed by atoms with Gasteiger partial charge in [-0.25, -0.2) is 0 Å². The van der Waals surface area contributed by atoms with Crippen molar-refractivity contribution in [1.82, 2.24) is 4.90 Å².